The van der Waals surface area contributed by atoms with Gasteiger partial charge in [-0.2, -0.15) is 0 Å². The molecule has 136 valence electrons. The van der Waals surface area contributed by atoms with Crippen molar-refractivity contribution in [2.24, 2.45) is 0 Å². The zero-order chi connectivity index (χ0) is 18.5. The van der Waals surface area contributed by atoms with Crippen molar-refractivity contribution in [1.29, 1.82) is 0 Å². The van der Waals surface area contributed by atoms with E-state index < -0.39 is 5.97 Å². The number of aryl methyl sites for hydroxylation is 1. The fourth-order valence-corrected chi connectivity index (χ4v) is 3.31. The second kappa shape index (κ2) is 8.15. The van der Waals surface area contributed by atoms with Crippen LogP contribution in [0.1, 0.15) is 38.3 Å². The molecular formula is C21H23NO4. The van der Waals surface area contributed by atoms with Gasteiger partial charge in [-0.15, -0.1) is 0 Å². The van der Waals surface area contributed by atoms with Gasteiger partial charge in [0.1, 0.15) is 0 Å². The Morgan fingerprint density at radius 2 is 1.88 bits per heavy atom. The quantitative estimate of drug-likeness (QED) is 0.866. The Morgan fingerprint density at radius 1 is 1.15 bits per heavy atom. The van der Waals surface area contributed by atoms with E-state index in [0.29, 0.717) is 25.3 Å². The lowest BCUT2D eigenvalue weighted by atomic mass is 10.0. The molecule has 26 heavy (non-hydrogen) atoms. The summed E-state index contributed by atoms with van der Waals surface area (Å²) in [7, 11) is 0. The monoisotopic (exact) mass is 353 g/mol. The third kappa shape index (κ3) is 4.29. The highest BCUT2D eigenvalue weighted by atomic mass is 16.5. The normalized spacial score (nSPS) is 16.4. The average Bonchev–Trinajstić information content (AvgIpc) is 3.16. The summed E-state index contributed by atoms with van der Waals surface area (Å²) < 4.78 is 5.47. The molecule has 1 aliphatic rings. The maximum Gasteiger partial charge on any atom is 0.335 e. The first-order valence-corrected chi connectivity index (χ1v) is 8.82. The fraction of sp³-hybridized carbons (Fsp3) is 0.333. The molecule has 0 spiro atoms. The van der Waals surface area contributed by atoms with Gasteiger partial charge in [-0.3, -0.25) is 4.79 Å². The number of carbonyl (C=O) groups is 2. The summed E-state index contributed by atoms with van der Waals surface area (Å²) in [5.74, 6) is -1.16. The van der Waals surface area contributed by atoms with Crippen LogP contribution in [-0.4, -0.2) is 47.7 Å². The number of rotatable bonds is 6. The van der Waals surface area contributed by atoms with E-state index >= 15 is 0 Å². The molecule has 0 aliphatic carbocycles. The molecule has 1 unspecified atom stereocenters. The number of nitrogens with zero attached hydrogens (tertiary/aromatic N) is 1. The third-order valence-electron chi connectivity index (χ3n) is 4.66. The van der Waals surface area contributed by atoms with Crippen molar-refractivity contribution in [3.05, 3.63) is 70.8 Å². The van der Waals surface area contributed by atoms with Crippen molar-refractivity contribution in [3.8, 4) is 0 Å². The number of carbonyl (C=O) groups excluding carboxylic acids is 1. The molecule has 1 atom stereocenters. The van der Waals surface area contributed by atoms with Crippen LogP contribution in [0.5, 0.6) is 0 Å². The number of aromatic carboxylic acids is 1. The fourth-order valence-electron chi connectivity index (χ4n) is 3.31. The second-order valence-electron chi connectivity index (χ2n) is 6.64. The van der Waals surface area contributed by atoms with Crippen molar-refractivity contribution >= 4 is 11.9 Å². The zero-order valence-electron chi connectivity index (χ0n) is 14.9. The molecule has 2 aromatic carbocycles. The molecule has 1 saturated heterocycles. The molecule has 0 radical (unpaired) electrons. The Labute approximate surface area is 153 Å². The van der Waals surface area contributed by atoms with Gasteiger partial charge >= 0.3 is 5.97 Å². The highest BCUT2D eigenvalue weighted by molar-refractivity contribution is 5.98. The third-order valence-corrected chi connectivity index (χ3v) is 4.66. The number of hydrogen-bond acceptors (Lipinski definition) is 3. The Morgan fingerprint density at radius 3 is 2.54 bits per heavy atom. The highest BCUT2D eigenvalue weighted by Gasteiger charge is 2.28. The van der Waals surface area contributed by atoms with Crippen LogP contribution in [0, 0.1) is 6.92 Å². The summed E-state index contributed by atoms with van der Waals surface area (Å²) in [6.45, 7) is 3.55. The Balaban J connectivity index is 1.83. The first kappa shape index (κ1) is 18.1. The number of ether oxygens (including phenoxy) is 1. The van der Waals surface area contributed by atoms with Crippen LogP contribution >= 0.6 is 0 Å². The van der Waals surface area contributed by atoms with Crippen molar-refractivity contribution in [2.75, 3.05) is 19.8 Å². The molecule has 3 rings (SSSR count). The van der Waals surface area contributed by atoms with Gasteiger partial charge < -0.3 is 14.7 Å². The lowest BCUT2D eigenvalue weighted by molar-refractivity contribution is 0.0656. The van der Waals surface area contributed by atoms with E-state index in [9.17, 15) is 14.7 Å². The van der Waals surface area contributed by atoms with Crippen molar-refractivity contribution in [1.82, 2.24) is 4.90 Å². The second-order valence-corrected chi connectivity index (χ2v) is 6.64. The largest absolute Gasteiger partial charge is 0.478 e. The standard InChI is InChI=1S/C21H23NO4/c1-15-11-17(13-18(12-15)21(24)25)20(23)22(19-8-10-26-14-19)9-7-16-5-3-2-4-6-16/h2-6,11-13,19H,7-10,14H2,1H3,(H,24,25). The van der Waals surface area contributed by atoms with E-state index in [4.69, 9.17) is 4.74 Å². The number of benzene rings is 2. The van der Waals surface area contributed by atoms with E-state index in [1.54, 1.807) is 19.1 Å². The maximum absolute atomic E-state index is 13.2. The number of carboxylic acids is 1. The lowest BCUT2D eigenvalue weighted by Crippen LogP contribution is -2.42. The molecule has 0 saturated carbocycles. The van der Waals surface area contributed by atoms with Crippen LogP contribution in [0.15, 0.2) is 48.5 Å². The Hall–Kier alpha value is -2.66. The van der Waals surface area contributed by atoms with Crippen molar-refractivity contribution < 1.29 is 19.4 Å². The molecule has 5 nitrogen and oxygen atoms in total. The molecule has 1 N–H and O–H groups in total. The van der Waals surface area contributed by atoms with Gasteiger partial charge in [0, 0.05) is 18.7 Å². The van der Waals surface area contributed by atoms with E-state index in [0.717, 1.165) is 18.4 Å². The topological polar surface area (TPSA) is 66.8 Å². The summed E-state index contributed by atoms with van der Waals surface area (Å²) in [5, 5.41) is 9.27. The van der Waals surface area contributed by atoms with Crippen LogP contribution in [0.3, 0.4) is 0 Å². The molecule has 1 fully saturated rings. The van der Waals surface area contributed by atoms with Crippen LogP contribution in [0.2, 0.25) is 0 Å². The van der Waals surface area contributed by atoms with Crippen molar-refractivity contribution in [3.63, 3.8) is 0 Å². The zero-order valence-corrected chi connectivity index (χ0v) is 14.9. The summed E-state index contributed by atoms with van der Waals surface area (Å²) in [6.07, 6.45) is 1.55. The summed E-state index contributed by atoms with van der Waals surface area (Å²) in [6, 6.07) is 14.8. The molecule has 0 aromatic heterocycles. The maximum atomic E-state index is 13.2. The molecule has 1 heterocycles. The van der Waals surface area contributed by atoms with Gasteiger partial charge in [0.25, 0.3) is 5.91 Å². The summed E-state index contributed by atoms with van der Waals surface area (Å²) in [5.41, 5.74) is 2.49. The molecule has 5 heteroatoms. The van der Waals surface area contributed by atoms with Crippen molar-refractivity contribution in [2.45, 2.75) is 25.8 Å². The van der Waals surface area contributed by atoms with Gasteiger partial charge in [0.2, 0.25) is 0 Å². The number of amides is 1. The first-order valence-electron chi connectivity index (χ1n) is 8.82. The molecule has 1 aliphatic heterocycles. The Kier molecular flexibility index (Phi) is 5.68. The minimum absolute atomic E-state index is 0.0278. The summed E-state index contributed by atoms with van der Waals surface area (Å²) >= 11 is 0. The molecule has 2 aromatic rings. The van der Waals surface area contributed by atoms with Crippen LogP contribution < -0.4 is 0 Å². The van der Waals surface area contributed by atoms with E-state index in [1.807, 2.05) is 35.2 Å². The smallest absolute Gasteiger partial charge is 0.335 e. The van der Waals surface area contributed by atoms with Gasteiger partial charge in [-0.05, 0) is 49.1 Å². The minimum Gasteiger partial charge on any atom is -0.478 e. The van der Waals surface area contributed by atoms with Crippen LogP contribution in [0.25, 0.3) is 0 Å². The van der Waals surface area contributed by atoms with Gasteiger partial charge in [-0.25, -0.2) is 4.79 Å². The SMILES string of the molecule is Cc1cc(C(=O)O)cc(C(=O)N(CCc2ccccc2)C2CCOC2)c1. The minimum atomic E-state index is -1.03. The van der Waals surface area contributed by atoms with Gasteiger partial charge in [0.05, 0.1) is 18.2 Å². The predicted molar refractivity (Wildman–Crippen MR) is 98.5 cm³/mol. The van der Waals surface area contributed by atoms with E-state index in [1.165, 1.54) is 11.6 Å². The van der Waals surface area contributed by atoms with E-state index in [-0.39, 0.29) is 17.5 Å². The average molecular weight is 353 g/mol. The van der Waals surface area contributed by atoms with Gasteiger partial charge in [0.15, 0.2) is 0 Å². The van der Waals surface area contributed by atoms with E-state index in [2.05, 4.69) is 0 Å². The first-order chi connectivity index (χ1) is 12.5. The molecule has 1 amide bonds. The molecule has 0 bridgehead atoms. The summed E-state index contributed by atoms with van der Waals surface area (Å²) in [4.78, 5) is 26.3. The Bertz CT molecular complexity index is 782. The van der Waals surface area contributed by atoms with Gasteiger partial charge in [-0.1, -0.05) is 30.3 Å². The lowest BCUT2D eigenvalue weighted by Gasteiger charge is -2.28. The number of carboxylic acid groups (broad SMARTS) is 1. The van der Waals surface area contributed by atoms with Crippen LogP contribution in [0.4, 0.5) is 0 Å². The number of hydrogen-bond donors (Lipinski definition) is 1. The highest BCUT2D eigenvalue weighted by Crippen LogP contribution is 2.19. The predicted octanol–water partition coefficient (Wildman–Crippen LogP) is 3.17. The molecular weight excluding hydrogens is 330 g/mol. The van der Waals surface area contributed by atoms with Crippen LogP contribution in [-0.2, 0) is 11.2 Å².